The fourth-order valence-corrected chi connectivity index (χ4v) is 4.96. The molecular formula is C18H19N3O2S3. The summed E-state index contributed by atoms with van der Waals surface area (Å²) < 4.78 is 0.546. The molecule has 1 unspecified atom stereocenters. The number of benzene rings is 1. The van der Waals surface area contributed by atoms with Crippen LogP contribution in [0.4, 0.5) is 5.13 Å². The third kappa shape index (κ3) is 4.69. The van der Waals surface area contributed by atoms with Gasteiger partial charge in [0.25, 0.3) is 0 Å². The molecule has 1 aromatic heterocycles. The quantitative estimate of drug-likeness (QED) is 0.744. The lowest BCUT2D eigenvalue weighted by Crippen LogP contribution is -2.33. The van der Waals surface area contributed by atoms with E-state index in [1.54, 1.807) is 6.20 Å². The molecule has 136 valence electrons. The fourth-order valence-electron chi connectivity index (χ4n) is 2.64. The van der Waals surface area contributed by atoms with E-state index >= 15 is 0 Å². The van der Waals surface area contributed by atoms with Gasteiger partial charge < -0.3 is 5.32 Å². The average molecular weight is 406 g/mol. The number of hydrogen-bond donors (Lipinski definition) is 1. The zero-order valence-electron chi connectivity index (χ0n) is 14.5. The molecule has 0 radical (unpaired) electrons. The van der Waals surface area contributed by atoms with Gasteiger partial charge in [0.05, 0.1) is 5.25 Å². The maximum absolute atomic E-state index is 12.1. The van der Waals surface area contributed by atoms with Crippen LogP contribution in [0.3, 0.4) is 0 Å². The Morgan fingerprint density at radius 1 is 1.42 bits per heavy atom. The van der Waals surface area contributed by atoms with Gasteiger partial charge in [-0.05, 0) is 19.4 Å². The van der Waals surface area contributed by atoms with Gasteiger partial charge in [-0.3, -0.25) is 14.5 Å². The Hall–Kier alpha value is -1.77. The molecule has 1 aliphatic rings. The van der Waals surface area contributed by atoms with Crippen molar-refractivity contribution in [2.24, 2.45) is 0 Å². The van der Waals surface area contributed by atoms with Crippen LogP contribution in [-0.2, 0) is 16.0 Å². The molecule has 2 heterocycles. The van der Waals surface area contributed by atoms with Gasteiger partial charge >= 0.3 is 0 Å². The predicted octanol–water partition coefficient (Wildman–Crippen LogP) is 3.62. The van der Waals surface area contributed by atoms with Gasteiger partial charge in [0.1, 0.15) is 4.32 Å². The lowest BCUT2D eigenvalue weighted by atomic mass is 10.1. The molecule has 1 atom stereocenters. The van der Waals surface area contributed by atoms with Crippen molar-refractivity contribution in [2.75, 3.05) is 11.9 Å². The van der Waals surface area contributed by atoms with Crippen LogP contribution in [0.5, 0.6) is 0 Å². The number of thiocarbonyl (C=S) groups is 1. The SMILES string of the molecule is Cc1cccc(Cc2cnc(NC(=O)CCN3C(=O)C(C)SC3=S)s2)c1. The molecule has 0 aliphatic carbocycles. The smallest absolute Gasteiger partial charge is 0.241 e. The first-order valence-electron chi connectivity index (χ1n) is 8.24. The van der Waals surface area contributed by atoms with E-state index in [-0.39, 0.29) is 23.5 Å². The lowest BCUT2D eigenvalue weighted by Gasteiger charge is -2.14. The lowest BCUT2D eigenvalue weighted by molar-refractivity contribution is -0.126. The third-order valence-corrected chi connectivity index (χ3v) is 6.33. The van der Waals surface area contributed by atoms with Gasteiger partial charge in [-0.1, -0.05) is 53.8 Å². The van der Waals surface area contributed by atoms with E-state index in [2.05, 4.69) is 35.4 Å². The van der Waals surface area contributed by atoms with Gasteiger partial charge in [0, 0.05) is 30.5 Å². The van der Waals surface area contributed by atoms with Gasteiger partial charge in [-0.2, -0.15) is 0 Å². The number of nitrogens with one attached hydrogen (secondary N) is 1. The Bertz CT molecular complexity index is 850. The molecule has 0 bridgehead atoms. The molecule has 5 nitrogen and oxygen atoms in total. The average Bonchev–Trinajstić information content (AvgIpc) is 3.10. The molecule has 0 spiro atoms. The van der Waals surface area contributed by atoms with E-state index in [4.69, 9.17) is 12.2 Å². The van der Waals surface area contributed by atoms with E-state index in [0.29, 0.717) is 16.0 Å². The van der Waals surface area contributed by atoms with Crippen LogP contribution < -0.4 is 5.32 Å². The molecule has 8 heteroatoms. The Balaban J connectivity index is 1.51. The Kier molecular flexibility index (Phi) is 6.05. The van der Waals surface area contributed by atoms with Gasteiger partial charge in [0.15, 0.2) is 5.13 Å². The number of carbonyl (C=O) groups is 2. The summed E-state index contributed by atoms with van der Waals surface area (Å²) in [7, 11) is 0. The van der Waals surface area contributed by atoms with Gasteiger partial charge in [-0.15, -0.1) is 11.3 Å². The summed E-state index contributed by atoms with van der Waals surface area (Å²) in [5.74, 6) is -0.191. The van der Waals surface area contributed by atoms with E-state index < -0.39 is 0 Å². The molecule has 2 amide bonds. The number of hydrogen-bond acceptors (Lipinski definition) is 6. The highest BCUT2D eigenvalue weighted by Gasteiger charge is 2.33. The van der Waals surface area contributed by atoms with Crippen molar-refractivity contribution in [2.45, 2.75) is 31.9 Å². The molecule has 1 aromatic carbocycles. The second-order valence-corrected chi connectivity index (χ2v) is 9.20. The first kappa shape index (κ1) is 19.0. The topological polar surface area (TPSA) is 62.3 Å². The number of anilines is 1. The zero-order valence-corrected chi connectivity index (χ0v) is 17.0. The molecule has 2 aromatic rings. The second-order valence-electron chi connectivity index (χ2n) is 6.11. The molecule has 1 aliphatic heterocycles. The van der Waals surface area contributed by atoms with Crippen LogP contribution >= 0.6 is 35.3 Å². The number of thioether (sulfide) groups is 1. The molecular weight excluding hydrogens is 386 g/mol. The van der Waals surface area contributed by atoms with Crippen molar-refractivity contribution in [3.8, 4) is 0 Å². The van der Waals surface area contributed by atoms with Crippen LogP contribution in [0.25, 0.3) is 0 Å². The van der Waals surface area contributed by atoms with Crippen LogP contribution in [0.1, 0.15) is 29.3 Å². The number of amides is 2. The minimum Gasteiger partial charge on any atom is -0.302 e. The van der Waals surface area contributed by atoms with E-state index in [0.717, 1.165) is 11.3 Å². The van der Waals surface area contributed by atoms with Crippen molar-refractivity contribution in [1.29, 1.82) is 0 Å². The first-order chi connectivity index (χ1) is 12.4. The van der Waals surface area contributed by atoms with E-state index in [1.165, 1.54) is 39.1 Å². The van der Waals surface area contributed by atoms with Crippen molar-refractivity contribution >= 4 is 56.6 Å². The number of rotatable bonds is 6. The predicted molar refractivity (Wildman–Crippen MR) is 111 cm³/mol. The van der Waals surface area contributed by atoms with Gasteiger partial charge in [-0.25, -0.2) is 4.98 Å². The summed E-state index contributed by atoms with van der Waals surface area (Å²) in [5, 5.41) is 3.23. The summed E-state index contributed by atoms with van der Waals surface area (Å²) in [4.78, 5) is 31.0. The van der Waals surface area contributed by atoms with Crippen molar-refractivity contribution in [3.05, 3.63) is 46.5 Å². The van der Waals surface area contributed by atoms with Crippen LogP contribution in [0, 0.1) is 6.92 Å². The number of nitrogens with zero attached hydrogens (tertiary/aromatic N) is 2. The van der Waals surface area contributed by atoms with Crippen LogP contribution in [-0.4, -0.2) is 37.8 Å². The highest BCUT2D eigenvalue weighted by atomic mass is 32.2. The third-order valence-electron chi connectivity index (χ3n) is 3.94. The number of thiazole rings is 1. The van der Waals surface area contributed by atoms with Crippen LogP contribution in [0.2, 0.25) is 0 Å². The second kappa shape index (κ2) is 8.28. The summed E-state index contributed by atoms with van der Waals surface area (Å²) >= 11 is 8.01. The number of carbonyl (C=O) groups excluding carboxylic acids is 2. The fraction of sp³-hybridized carbons (Fsp3) is 0.333. The van der Waals surface area contributed by atoms with E-state index in [9.17, 15) is 9.59 Å². The number of aromatic nitrogens is 1. The maximum atomic E-state index is 12.1. The van der Waals surface area contributed by atoms with Crippen LogP contribution in [0.15, 0.2) is 30.5 Å². The summed E-state index contributed by atoms with van der Waals surface area (Å²) in [6, 6.07) is 8.34. The molecule has 3 rings (SSSR count). The minimum absolute atomic E-state index is 0.0255. The summed E-state index contributed by atoms with van der Waals surface area (Å²) in [6.45, 7) is 4.20. The zero-order chi connectivity index (χ0) is 18.7. The maximum Gasteiger partial charge on any atom is 0.241 e. The molecule has 1 fully saturated rings. The molecule has 26 heavy (non-hydrogen) atoms. The molecule has 1 N–H and O–H groups in total. The highest BCUT2D eigenvalue weighted by molar-refractivity contribution is 8.24. The van der Waals surface area contributed by atoms with E-state index in [1.807, 2.05) is 13.0 Å². The normalized spacial score (nSPS) is 17.0. The van der Waals surface area contributed by atoms with Crippen molar-refractivity contribution in [1.82, 2.24) is 9.88 Å². The molecule has 0 saturated carbocycles. The number of aryl methyl sites for hydroxylation is 1. The minimum atomic E-state index is -0.165. The Morgan fingerprint density at radius 2 is 2.23 bits per heavy atom. The van der Waals surface area contributed by atoms with Gasteiger partial charge in [0.2, 0.25) is 11.8 Å². The Morgan fingerprint density at radius 3 is 2.92 bits per heavy atom. The molecule has 1 saturated heterocycles. The van der Waals surface area contributed by atoms with Crippen molar-refractivity contribution in [3.63, 3.8) is 0 Å². The largest absolute Gasteiger partial charge is 0.302 e. The van der Waals surface area contributed by atoms with Crippen molar-refractivity contribution < 1.29 is 9.59 Å². The summed E-state index contributed by atoms with van der Waals surface area (Å²) in [6.07, 6.45) is 2.78. The standard InChI is InChI=1S/C18H19N3O2S3/c1-11-4-3-5-13(8-11)9-14-10-19-17(26-14)20-15(22)6-7-21-16(23)12(2)25-18(21)24/h3-5,8,10,12H,6-7,9H2,1-2H3,(H,19,20,22). The highest BCUT2D eigenvalue weighted by Crippen LogP contribution is 2.27. The first-order valence-corrected chi connectivity index (χ1v) is 10.3. The summed E-state index contributed by atoms with van der Waals surface area (Å²) in [5.41, 5.74) is 2.45. The Labute approximate surface area is 166 Å². The monoisotopic (exact) mass is 405 g/mol.